The molecule has 0 atom stereocenters. The van der Waals surface area contributed by atoms with E-state index in [1.54, 1.807) is 7.11 Å². The molecule has 0 spiro atoms. The average molecular weight is 432 g/mol. The molecule has 0 saturated carbocycles. The third-order valence-corrected chi connectivity index (χ3v) is 5.72. The van der Waals surface area contributed by atoms with Gasteiger partial charge in [-0.25, -0.2) is 4.98 Å². The number of aromatic nitrogens is 2. The van der Waals surface area contributed by atoms with Crippen LogP contribution >= 0.6 is 0 Å². The topological polar surface area (TPSA) is 49.9 Å². The molecule has 1 aromatic heterocycles. The van der Waals surface area contributed by atoms with Gasteiger partial charge in [0.1, 0.15) is 11.6 Å². The number of nitrogens with one attached hydrogen (secondary N) is 2. The predicted molar refractivity (Wildman–Crippen MR) is 137 cm³/mol. The zero-order valence-electron chi connectivity index (χ0n) is 20.4. The summed E-state index contributed by atoms with van der Waals surface area (Å²) >= 11 is 0. The highest BCUT2D eigenvalue weighted by atomic mass is 16.5. The van der Waals surface area contributed by atoms with E-state index in [4.69, 9.17) is 9.72 Å². The first kappa shape index (κ1) is 23.8. The molecule has 4 heteroatoms. The van der Waals surface area contributed by atoms with Crippen LogP contribution in [0.2, 0.25) is 0 Å². The Morgan fingerprint density at radius 3 is 2.56 bits per heavy atom. The van der Waals surface area contributed by atoms with Crippen LogP contribution in [-0.4, -0.2) is 30.2 Å². The monoisotopic (exact) mass is 431 g/mol. The van der Waals surface area contributed by atoms with Crippen LogP contribution in [0.5, 0.6) is 5.75 Å². The number of rotatable bonds is 10. The molecule has 3 rings (SSSR count). The van der Waals surface area contributed by atoms with Gasteiger partial charge in [0.05, 0.1) is 18.5 Å². The summed E-state index contributed by atoms with van der Waals surface area (Å²) in [5.41, 5.74) is 4.26. The molecule has 3 aromatic rings. The molecule has 0 aliphatic heterocycles. The van der Waals surface area contributed by atoms with Gasteiger partial charge in [0.25, 0.3) is 0 Å². The van der Waals surface area contributed by atoms with Crippen molar-refractivity contribution in [2.75, 3.05) is 20.2 Å². The van der Waals surface area contributed by atoms with Gasteiger partial charge in [0.2, 0.25) is 0 Å². The Morgan fingerprint density at radius 1 is 1.12 bits per heavy atom. The van der Waals surface area contributed by atoms with Gasteiger partial charge in [-0.3, -0.25) is 0 Å². The molecule has 32 heavy (non-hydrogen) atoms. The van der Waals surface area contributed by atoms with Crippen LogP contribution in [0.1, 0.15) is 59.0 Å². The van der Waals surface area contributed by atoms with Gasteiger partial charge < -0.3 is 15.0 Å². The van der Waals surface area contributed by atoms with E-state index in [9.17, 15) is 0 Å². The molecule has 170 valence electrons. The normalized spacial score (nSPS) is 12.8. The minimum absolute atomic E-state index is 0.111. The van der Waals surface area contributed by atoms with Crippen molar-refractivity contribution in [3.05, 3.63) is 66.1 Å². The van der Waals surface area contributed by atoms with Crippen LogP contribution in [0.15, 0.2) is 54.6 Å². The SMILES string of the molecule is C/C=C\C(=C/CC)c1[nH]c(C(C)(C)CNCCC)nc1-c1ccc2cc(OC)ccc2c1. The van der Waals surface area contributed by atoms with Crippen molar-refractivity contribution in [1.82, 2.24) is 15.3 Å². The van der Waals surface area contributed by atoms with Crippen molar-refractivity contribution in [1.29, 1.82) is 0 Å². The fraction of sp³-hybridized carbons (Fsp3) is 0.393. The third kappa shape index (κ3) is 5.31. The highest BCUT2D eigenvalue weighted by Gasteiger charge is 2.27. The highest BCUT2D eigenvalue weighted by Crippen LogP contribution is 2.34. The maximum atomic E-state index is 5.38. The Morgan fingerprint density at radius 2 is 1.88 bits per heavy atom. The van der Waals surface area contributed by atoms with Crippen molar-refractivity contribution in [2.45, 2.75) is 52.9 Å². The molecule has 0 aliphatic rings. The molecule has 0 amide bonds. The molecule has 0 unspecified atom stereocenters. The van der Waals surface area contributed by atoms with Crippen molar-refractivity contribution < 1.29 is 4.74 Å². The fourth-order valence-corrected chi connectivity index (χ4v) is 3.92. The molecule has 2 N–H and O–H groups in total. The Balaban J connectivity index is 2.13. The fourth-order valence-electron chi connectivity index (χ4n) is 3.92. The van der Waals surface area contributed by atoms with E-state index in [1.165, 1.54) is 11.0 Å². The minimum Gasteiger partial charge on any atom is -0.497 e. The van der Waals surface area contributed by atoms with E-state index in [0.29, 0.717) is 0 Å². The lowest BCUT2D eigenvalue weighted by Crippen LogP contribution is -2.34. The van der Waals surface area contributed by atoms with Gasteiger partial charge in [0.15, 0.2) is 0 Å². The van der Waals surface area contributed by atoms with Crippen molar-refractivity contribution in [2.24, 2.45) is 0 Å². The maximum Gasteiger partial charge on any atom is 0.119 e. The van der Waals surface area contributed by atoms with Gasteiger partial charge in [0, 0.05) is 17.5 Å². The van der Waals surface area contributed by atoms with E-state index < -0.39 is 0 Å². The van der Waals surface area contributed by atoms with Crippen molar-refractivity contribution >= 4 is 16.3 Å². The largest absolute Gasteiger partial charge is 0.497 e. The predicted octanol–water partition coefficient (Wildman–Crippen LogP) is 6.89. The molecular formula is C28H37N3O. The van der Waals surface area contributed by atoms with E-state index in [1.807, 2.05) is 6.07 Å². The minimum atomic E-state index is -0.111. The van der Waals surface area contributed by atoms with Crippen molar-refractivity contribution in [3.8, 4) is 17.0 Å². The maximum absolute atomic E-state index is 5.38. The second-order valence-corrected chi connectivity index (χ2v) is 8.87. The first-order chi connectivity index (χ1) is 15.4. The lowest BCUT2D eigenvalue weighted by Gasteiger charge is -2.22. The molecule has 0 saturated heterocycles. The van der Waals surface area contributed by atoms with Crippen LogP contribution in [0.25, 0.3) is 27.6 Å². The number of fused-ring (bicyclic) bond motifs is 1. The summed E-state index contributed by atoms with van der Waals surface area (Å²) in [6.45, 7) is 12.8. The van der Waals surface area contributed by atoms with Gasteiger partial charge in [-0.15, -0.1) is 0 Å². The average Bonchev–Trinajstić information content (AvgIpc) is 3.25. The molecule has 0 aliphatic carbocycles. The van der Waals surface area contributed by atoms with Crippen molar-refractivity contribution in [3.63, 3.8) is 0 Å². The first-order valence-electron chi connectivity index (χ1n) is 11.7. The zero-order valence-corrected chi connectivity index (χ0v) is 20.4. The van der Waals surface area contributed by atoms with Crippen LogP contribution in [0.3, 0.4) is 0 Å². The number of hydrogen-bond donors (Lipinski definition) is 2. The second kappa shape index (κ2) is 10.6. The van der Waals surface area contributed by atoms with Gasteiger partial charge >= 0.3 is 0 Å². The highest BCUT2D eigenvalue weighted by molar-refractivity contribution is 5.90. The Kier molecular flexibility index (Phi) is 7.92. The number of benzene rings is 2. The van der Waals surface area contributed by atoms with Crippen LogP contribution in [0.4, 0.5) is 0 Å². The Bertz CT molecular complexity index is 1110. The summed E-state index contributed by atoms with van der Waals surface area (Å²) < 4.78 is 5.38. The number of allylic oxidation sites excluding steroid dienone is 4. The number of ether oxygens (including phenoxy) is 1. The lowest BCUT2D eigenvalue weighted by molar-refractivity contribution is 0.415. The first-order valence-corrected chi connectivity index (χ1v) is 11.7. The van der Waals surface area contributed by atoms with E-state index in [2.05, 4.69) is 93.5 Å². The summed E-state index contributed by atoms with van der Waals surface area (Å²) in [7, 11) is 1.70. The standard InChI is InChI=1S/C28H37N3O/c1-7-10-20(11-8-2)25-26(31-27(30-25)28(4,5)19-29-16-9-3)23-13-12-22-18-24(32-6)15-14-21(22)17-23/h7,10-15,17-18,29H,8-9,16,19H2,1-6H3,(H,30,31)/b10-7-,20-11+. The smallest absolute Gasteiger partial charge is 0.119 e. The number of imidazole rings is 1. The Labute approximate surface area is 192 Å². The van der Waals surface area contributed by atoms with Gasteiger partial charge in [-0.05, 0) is 60.9 Å². The number of H-pyrrole nitrogens is 1. The second-order valence-electron chi connectivity index (χ2n) is 8.87. The molecule has 0 radical (unpaired) electrons. The van der Waals surface area contributed by atoms with E-state index in [-0.39, 0.29) is 5.41 Å². The molecule has 1 heterocycles. The summed E-state index contributed by atoms with van der Waals surface area (Å²) in [4.78, 5) is 8.85. The van der Waals surface area contributed by atoms with Gasteiger partial charge in [-0.2, -0.15) is 0 Å². The summed E-state index contributed by atoms with van der Waals surface area (Å²) in [5, 5.41) is 5.89. The number of methoxy groups -OCH3 is 1. The van der Waals surface area contributed by atoms with Crippen LogP contribution in [0, 0.1) is 0 Å². The quantitative estimate of drug-likeness (QED) is 0.271. The van der Waals surface area contributed by atoms with E-state index in [0.717, 1.165) is 59.8 Å². The number of aromatic amines is 1. The number of hydrogen-bond acceptors (Lipinski definition) is 3. The van der Waals surface area contributed by atoms with Crippen LogP contribution < -0.4 is 10.1 Å². The third-order valence-electron chi connectivity index (χ3n) is 5.72. The Hall–Kier alpha value is -2.85. The van der Waals surface area contributed by atoms with Gasteiger partial charge in [-0.1, -0.05) is 64.1 Å². The zero-order chi connectivity index (χ0) is 23.1. The molecule has 2 aromatic carbocycles. The molecule has 4 nitrogen and oxygen atoms in total. The molecule has 0 fully saturated rings. The summed E-state index contributed by atoms with van der Waals surface area (Å²) in [5.74, 6) is 1.88. The number of nitrogens with zero attached hydrogens (tertiary/aromatic N) is 1. The summed E-state index contributed by atoms with van der Waals surface area (Å²) in [6, 6.07) is 12.7. The summed E-state index contributed by atoms with van der Waals surface area (Å²) in [6.07, 6.45) is 8.60. The lowest BCUT2D eigenvalue weighted by atomic mass is 9.92. The van der Waals surface area contributed by atoms with Crippen LogP contribution in [-0.2, 0) is 5.41 Å². The van der Waals surface area contributed by atoms with E-state index >= 15 is 0 Å². The molecular weight excluding hydrogens is 394 g/mol. The molecule has 0 bridgehead atoms.